The van der Waals surface area contributed by atoms with Gasteiger partial charge in [-0.1, -0.05) is 36.4 Å². The Bertz CT molecular complexity index is 960. The van der Waals surface area contributed by atoms with Crippen molar-refractivity contribution in [1.29, 1.82) is 5.26 Å². The van der Waals surface area contributed by atoms with Crippen LogP contribution < -0.4 is 20.9 Å². The summed E-state index contributed by atoms with van der Waals surface area (Å²) in [5, 5.41) is 12.5. The van der Waals surface area contributed by atoms with Crippen LogP contribution in [0.3, 0.4) is 0 Å². The molecule has 2 aromatic rings. The highest BCUT2D eigenvalue weighted by molar-refractivity contribution is 5.82. The number of likely N-dealkylation sites (tertiary alicyclic amines) is 1. The first-order chi connectivity index (χ1) is 14.7. The molecule has 1 amide bonds. The third-order valence-electron chi connectivity index (χ3n) is 6.51. The zero-order valence-electron chi connectivity index (χ0n) is 16.6. The van der Waals surface area contributed by atoms with Gasteiger partial charge in [-0.2, -0.15) is 5.26 Å². The van der Waals surface area contributed by atoms with E-state index in [4.69, 9.17) is 4.74 Å². The molecule has 2 heterocycles. The molecule has 0 radical (unpaired) electrons. The maximum absolute atomic E-state index is 12.9. The minimum absolute atomic E-state index is 0.00634. The number of nitrogens with one attached hydrogen (secondary N) is 3. The molecule has 1 aliphatic carbocycles. The fourth-order valence-corrected chi connectivity index (χ4v) is 5.00. The SMILES string of the molecule is N#CN1CC2CCC1C2NC(=O)C1CC(c2ccccc2Oc2ccccc2)NN1. The molecule has 2 bridgehead atoms. The second-order valence-electron chi connectivity index (χ2n) is 8.27. The molecule has 3 fully saturated rings. The first-order valence-corrected chi connectivity index (χ1v) is 10.5. The number of hydrogen-bond acceptors (Lipinski definition) is 6. The maximum atomic E-state index is 12.9. The van der Waals surface area contributed by atoms with Gasteiger partial charge in [0.05, 0.1) is 18.1 Å². The summed E-state index contributed by atoms with van der Waals surface area (Å²) in [4.78, 5) is 14.7. The molecule has 2 saturated heterocycles. The van der Waals surface area contributed by atoms with Gasteiger partial charge in [-0.15, -0.1) is 0 Å². The molecule has 2 aromatic carbocycles. The predicted octanol–water partition coefficient (Wildman–Crippen LogP) is 2.45. The first kappa shape index (κ1) is 18.9. The Morgan fingerprint density at radius 2 is 1.90 bits per heavy atom. The summed E-state index contributed by atoms with van der Waals surface area (Å²) in [6, 6.07) is 17.5. The summed E-state index contributed by atoms with van der Waals surface area (Å²) in [5.74, 6) is 1.93. The second kappa shape index (κ2) is 7.98. The van der Waals surface area contributed by atoms with Crippen LogP contribution in [0.15, 0.2) is 54.6 Å². The summed E-state index contributed by atoms with van der Waals surface area (Å²) in [6.45, 7) is 0.759. The highest BCUT2D eigenvalue weighted by Crippen LogP contribution is 2.38. The van der Waals surface area contributed by atoms with Crippen LogP contribution in [0.2, 0.25) is 0 Å². The van der Waals surface area contributed by atoms with E-state index >= 15 is 0 Å². The lowest BCUT2D eigenvalue weighted by atomic mass is 10.00. The minimum atomic E-state index is -0.324. The normalized spacial score (nSPS) is 29.6. The van der Waals surface area contributed by atoms with Crippen LogP contribution in [0, 0.1) is 17.4 Å². The Morgan fingerprint density at radius 1 is 1.10 bits per heavy atom. The molecular formula is C23H25N5O2. The van der Waals surface area contributed by atoms with E-state index in [-0.39, 0.29) is 30.1 Å². The monoisotopic (exact) mass is 403 g/mol. The van der Waals surface area contributed by atoms with E-state index in [9.17, 15) is 10.1 Å². The fraction of sp³-hybridized carbons (Fsp3) is 0.391. The summed E-state index contributed by atoms with van der Waals surface area (Å²) < 4.78 is 6.08. The molecule has 5 unspecified atom stereocenters. The highest BCUT2D eigenvalue weighted by atomic mass is 16.5. The molecule has 0 spiro atoms. The van der Waals surface area contributed by atoms with E-state index in [1.807, 2.05) is 59.5 Å². The van der Waals surface area contributed by atoms with Crippen molar-refractivity contribution in [2.75, 3.05) is 6.54 Å². The third-order valence-corrected chi connectivity index (χ3v) is 6.51. The molecular weight excluding hydrogens is 378 g/mol. The van der Waals surface area contributed by atoms with Crippen LogP contribution in [-0.2, 0) is 4.79 Å². The third kappa shape index (κ3) is 3.49. The van der Waals surface area contributed by atoms with Gasteiger partial charge in [0.25, 0.3) is 0 Å². The standard InChI is InChI=1S/C23H25N5O2/c24-14-28-13-15-10-11-20(28)22(15)25-23(29)19-12-18(26-27-19)17-8-4-5-9-21(17)30-16-6-2-1-3-7-16/h1-9,15,18-20,22,26-27H,10-13H2,(H,25,29). The van der Waals surface area contributed by atoms with Crippen molar-refractivity contribution in [2.24, 2.45) is 5.92 Å². The van der Waals surface area contributed by atoms with Gasteiger partial charge < -0.3 is 15.0 Å². The lowest BCUT2D eigenvalue weighted by molar-refractivity contribution is -0.123. The maximum Gasteiger partial charge on any atom is 0.238 e. The lowest BCUT2D eigenvalue weighted by Crippen LogP contribution is -2.50. The number of para-hydroxylation sites is 2. The Balaban J connectivity index is 1.24. The Labute approximate surface area is 176 Å². The first-order valence-electron chi connectivity index (χ1n) is 10.5. The fourth-order valence-electron chi connectivity index (χ4n) is 5.00. The molecule has 30 heavy (non-hydrogen) atoms. The number of benzene rings is 2. The molecule has 154 valence electrons. The van der Waals surface area contributed by atoms with Gasteiger partial charge in [-0.05, 0) is 43.4 Å². The van der Waals surface area contributed by atoms with Gasteiger partial charge in [0, 0.05) is 12.1 Å². The highest BCUT2D eigenvalue weighted by Gasteiger charge is 2.48. The van der Waals surface area contributed by atoms with Crippen LogP contribution in [0.5, 0.6) is 11.5 Å². The number of hydrogen-bond donors (Lipinski definition) is 3. The van der Waals surface area contributed by atoms with E-state index in [1.54, 1.807) is 0 Å². The Kier molecular flexibility index (Phi) is 5.03. The van der Waals surface area contributed by atoms with Gasteiger partial charge in [-0.3, -0.25) is 4.79 Å². The van der Waals surface area contributed by atoms with Crippen molar-refractivity contribution in [3.8, 4) is 17.7 Å². The van der Waals surface area contributed by atoms with Crippen molar-refractivity contribution in [3.05, 3.63) is 60.2 Å². The number of fused-ring (bicyclic) bond motifs is 2. The largest absolute Gasteiger partial charge is 0.457 e. The summed E-state index contributed by atoms with van der Waals surface area (Å²) in [5.41, 5.74) is 7.42. The second-order valence-corrected chi connectivity index (χ2v) is 8.27. The number of nitriles is 1. The van der Waals surface area contributed by atoms with E-state index in [2.05, 4.69) is 22.4 Å². The number of carbonyl (C=O) groups is 1. The Hall–Kier alpha value is -3.08. The zero-order valence-corrected chi connectivity index (χ0v) is 16.6. The quantitative estimate of drug-likeness (QED) is 0.665. The van der Waals surface area contributed by atoms with E-state index in [0.29, 0.717) is 12.3 Å². The lowest BCUT2D eigenvalue weighted by Gasteiger charge is -2.22. The smallest absolute Gasteiger partial charge is 0.238 e. The van der Waals surface area contributed by atoms with Gasteiger partial charge in [-0.25, -0.2) is 10.9 Å². The average molecular weight is 403 g/mol. The molecule has 3 aliphatic rings. The number of rotatable bonds is 5. The van der Waals surface area contributed by atoms with E-state index in [0.717, 1.165) is 36.4 Å². The Morgan fingerprint density at radius 3 is 2.70 bits per heavy atom. The molecule has 5 rings (SSSR count). The van der Waals surface area contributed by atoms with Crippen LogP contribution in [0.4, 0.5) is 0 Å². The van der Waals surface area contributed by atoms with Crippen molar-refractivity contribution in [3.63, 3.8) is 0 Å². The molecule has 7 heteroatoms. The summed E-state index contributed by atoms with van der Waals surface area (Å²) >= 11 is 0. The van der Waals surface area contributed by atoms with Crippen molar-refractivity contribution >= 4 is 5.91 Å². The molecule has 5 atom stereocenters. The molecule has 2 aliphatic heterocycles. The number of ether oxygens (including phenoxy) is 1. The van der Waals surface area contributed by atoms with Crippen LogP contribution in [0.1, 0.15) is 30.9 Å². The summed E-state index contributed by atoms with van der Waals surface area (Å²) in [7, 11) is 0. The zero-order chi connectivity index (χ0) is 20.5. The van der Waals surface area contributed by atoms with Gasteiger partial charge >= 0.3 is 0 Å². The molecule has 0 aromatic heterocycles. The molecule has 3 N–H and O–H groups in total. The van der Waals surface area contributed by atoms with Gasteiger partial charge in [0.2, 0.25) is 5.91 Å². The van der Waals surface area contributed by atoms with Crippen LogP contribution in [-0.4, -0.2) is 35.5 Å². The average Bonchev–Trinajstić information content (AvgIpc) is 3.50. The van der Waals surface area contributed by atoms with E-state index < -0.39 is 0 Å². The number of piperidine rings is 1. The summed E-state index contributed by atoms with van der Waals surface area (Å²) in [6.07, 6.45) is 4.95. The molecule has 7 nitrogen and oxygen atoms in total. The predicted molar refractivity (Wildman–Crippen MR) is 111 cm³/mol. The number of nitrogens with zero attached hydrogens (tertiary/aromatic N) is 2. The van der Waals surface area contributed by atoms with Crippen molar-refractivity contribution in [1.82, 2.24) is 21.1 Å². The van der Waals surface area contributed by atoms with Crippen molar-refractivity contribution < 1.29 is 9.53 Å². The minimum Gasteiger partial charge on any atom is -0.457 e. The number of carbonyl (C=O) groups excluding carboxylic acids is 1. The van der Waals surface area contributed by atoms with Crippen LogP contribution >= 0.6 is 0 Å². The van der Waals surface area contributed by atoms with Crippen molar-refractivity contribution in [2.45, 2.75) is 43.4 Å². The van der Waals surface area contributed by atoms with E-state index in [1.165, 1.54) is 0 Å². The topological polar surface area (TPSA) is 89.4 Å². The number of amides is 1. The van der Waals surface area contributed by atoms with Crippen LogP contribution in [0.25, 0.3) is 0 Å². The van der Waals surface area contributed by atoms with Gasteiger partial charge in [0.15, 0.2) is 6.19 Å². The number of hydrazine groups is 1. The van der Waals surface area contributed by atoms with Gasteiger partial charge in [0.1, 0.15) is 17.5 Å². The molecule has 1 saturated carbocycles.